The average molecular weight is 352 g/mol. The van der Waals surface area contributed by atoms with Crippen molar-refractivity contribution in [2.45, 2.75) is 32.4 Å². The number of sulfone groups is 1. The lowest BCUT2D eigenvalue weighted by Crippen LogP contribution is -2.58. The van der Waals surface area contributed by atoms with E-state index in [0.717, 1.165) is 5.56 Å². The third-order valence-electron chi connectivity index (χ3n) is 3.90. The fourth-order valence-electron chi connectivity index (χ4n) is 2.67. The first-order valence-corrected chi connectivity index (χ1v) is 9.75. The lowest BCUT2D eigenvalue weighted by atomic mass is 10.1. The van der Waals surface area contributed by atoms with Gasteiger partial charge in [-0.1, -0.05) is 26.0 Å². The van der Waals surface area contributed by atoms with Gasteiger partial charge in [0.25, 0.3) is 0 Å². The Labute approximate surface area is 143 Å². The van der Waals surface area contributed by atoms with E-state index in [-0.39, 0.29) is 43.0 Å². The van der Waals surface area contributed by atoms with Crippen LogP contribution in [-0.2, 0) is 25.8 Å². The van der Waals surface area contributed by atoms with Crippen LogP contribution in [0.15, 0.2) is 24.3 Å². The van der Waals surface area contributed by atoms with Gasteiger partial charge < -0.3 is 10.2 Å². The predicted octanol–water partition coefficient (Wildman–Crippen LogP) is 1.47. The number of likely N-dealkylation sites (tertiary alicyclic amines) is 1. The van der Waals surface area contributed by atoms with E-state index in [2.05, 4.69) is 5.32 Å². The average Bonchev–Trinajstić information content (AvgIpc) is 2.36. The van der Waals surface area contributed by atoms with Crippen LogP contribution in [0.2, 0.25) is 0 Å². The number of nitrogens with zero attached hydrogens (tertiary/aromatic N) is 1. The fourth-order valence-corrected chi connectivity index (χ4v) is 4.68. The quantitative estimate of drug-likeness (QED) is 0.840. The Morgan fingerprint density at radius 3 is 2.29 bits per heavy atom. The van der Waals surface area contributed by atoms with E-state index < -0.39 is 15.1 Å². The van der Waals surface area contributed by atoms with Crippen LogP contribution < -0.4 is 5.32 Å². The summed E-state index contributed by atoms with van der Waals surface area (Å²) in [6.07, 6.45) is 0.233. The molecule has 1 aliphatic rings. The summed E-state index contributed by atoms with van der Waals surface area (Å²) in [5, 5.41) is 2.24. The Balaban J connectivity index is 1.85. The molecule has 0 bridgehead atoms. The highest BCUT2D eigenvalue weighted by atomic mass is 32.2. The van der Waals surface area contributed by atoms with E-state index in [1.807, 2.05) is 13.8 Å². The van der Waals surface area contributed by atoms with Crippen molar-refractivity contribution in [3.63, 3.8) is 0 Å². The maximum atomic E-state index is 12.2. The molecular formula is C17H24N2O4S. The van der Waals surface area contributed by atoms with Gasteiger partial charge in [-0.15, -0.1) is 0 Å². The smallest absolute Gasteiger partial charge is 0.227 e. The van der Waals surface area contributed by atoms with Crippen molar-refractivity contribution in [2.75, 3.05) is 24.2 Å². The van der Waals surface area contributed by atoms with Crippen LogP contribution in [-0.4, -0.2) is 49.2 Å². The number of anilines is 1. The lowest BCUT2D eigenvalue weighted by molar-refractivity contribution is -0.133. The monoisotopic (exact) mass is 352 g/mol. The minimum Gasteiger partial charge on any atom is -0.340 e. The minimum atomic E-state index is -3.11. The summed E-state index contributed by atoms with van der Waals surface area (Å²) < 4.78 is 24.2. The van der Waals surface area contributed by atoms with Gasteiger partial charge in [0.15, 0.2) is 9.84 Å². The first-order chi connectivity index (χ1) is 11.2. The van der Waals surface area contributed by atoms with Crippen molar-refractivity contribution in [3.05, 3.63) is 29.8 Å². The Hall–Kier alpha value is -1.89. The Morgan fingerprint density at radius 2 is 1.79 bits per heavy atom. The molecule has 6 nitrogen and oxygen atoms in total. The van der Waals surface area contributed by atoms with Crippen LogP contribution in [0.25, 0.3) is 0 Å². The number of carbonyl (C=O) groups is 2. The summed E-state index contributed by atoms with van der Waals surface area (Å²) in [6, 6.07) is 7.07. The molecule has 1 aromatic rings. The van der Waals surface area contributed by atoms with Gasteiger partial charge in [-0.2, -0.15) is 0 Å². The van der Waals surface area contributed by atoms with E-state index >= 15 is 0 Å². The first kappa shape index (κ1) is 18.4. The summed E-state index contributed by atoms with van der Waals surface area (Å²) in [7, 11) is -3.11. The van der Waals surface area contributed by atoms with Crippen molar-refractivity contribution in [1.29, 1.82) is 0 Å². The standard InChI is InChI=1S/C17H24N2O4S/c1-12(2)11-24(22,23)16-9-19(10-16)17(21)8-14-4-6-15(7-5-14)18-13(3)20/h4-7,12,16H,8-11H2,1-3H3,(H,18,20). The molecule has 0 unspecified atom stereocenters. The second-order valence-corrected chi connectivity index (χ2v) is 9.02. The van der Waals surface area contributed by atoms with Crippen LogP contribution >= 0.6 is 0 Å². The van der Waals surface area contributed by atoms with Gasteiger partial charge in [0.1, 0.15) is 0 Å². The van der Waals surface area contributed by atoms with Gasteiger partial charge in [-0.3, -0.25) is 9.59 Å². The Kier molecular flexibility index (Phi) is 5.64. The molecule has 1 N–H and O–H groups in total. The minimum absolute atomic E-state index is 0.0710. The van der Waals surface area contributed by atoms with E-state index in [0.29, 0.717) is 5.69 Å². The SMILES string of the molecule is CC(=O)Nc1ccc(CC(=O)N2CC(S(=O)(=O)CC(C)C)C2)cc1. The van der Waals surface area contributed by atoms with Crippen molar-refractivity contribution in [1.82, 2.24) is 4.90 Å². The normalized spacial score (nSPS) is 15.2. The molecule has 0 atom stereocenters. The molecule has 0 aliphatic carbocycles. The molecule has 0 saturated carbocycles. The summed E-state index contributed by atoms with van der Waals surface area (Å²) in [6.45, 7) is 5.77. The van der Waals surface area contributed by atoms with Gasteiger partial charge in [-0.05, 0) is 23.6 Å². The van der Waals surface area contributed by atoms with E-state index in [9.17, 15) is 18.0 Å². The molecule has 1 fully saturated rings. The Morgan fingerprint density at radius 1 is 1.21 bits per heavy atom. The van der Waals surface area contributed by atoms with Crippen LogP contribution in [0, 0.1) is 5.92 Å². The zero-order chi connectivity index (χ0) is 17.9. The van der Waals surface area contributed by atoms with Gasteiger partial charge in [-0.25, -0.2) is 8.42 Å². The first-order valence-electron chi connectivity index (χ1n) is 8.03. The molecule has 1 saturated heterocycles. The molecule has 1 heterocycles. The third kappa shape index (κ3) is 4.80. The lowest BCUT2D eigenvalue weighted by Gasteiger charge is -2.39. The van der Waals surface area contributed by atoms with Gasteiger partial charge in [0, 0.05) is 25.7 Å². The predicted molar refractivity (Wildman–Crippen MR) is 93.4 cm³/mol. The molecule has 0 radical (unpaired) electrons. The highest BCUT2D eigenvalue weighted by Crippen LogP contribution is 2.20. The number of nitrogens with one attached hydrogen (secondary N) is 1. The molecule has 24 heavy (non-hydrogen) atoms. The number of hydrogen-bond donors (Lipinski definition) is 1. The number of rotatable bonds is 6. The summed E-state index contributed by atoms with van der Waals surface area (Å²) in [5.41, 5.74) is 1.52. The maximum Gasteiger partial charge on any atom is 0.227 e. The van der Waals surface area contributed by atoms with Crippen LogP contribution in [0.1, 0.15) is 26.3 Å². The molecule has 0 spiro atoms. The van der Waals surface area contributed by atoms with Crippen molar-refractivity contribution < 1.29 is 18.0 Å². The highest BCUT2D eigenvalue weighted by Gasteiger charge is 2.39. The number of amides is 2. The number of benzene rings is 1. The number of hydrogen-bond acceptors (Lipinski definition) is 4. The maximum absolute atomic E-state index is 12.2. The largest absolute Gasteiger partial charge is 0.340 e. The van der Waals surface area contributed by atoms with Gasteiger partial charge in [0.05, 0.1) is 17.4 Å². The molecular weight excluding hydrogens is 328 g/mol. The second kappa shape index (κ2) is 7.34. The van der Waals surface area contributed by atoms with Crippen molar-refractivity contribution >= 4 is 27.3 Å². The molecule has 2 amide bonds. The van der Waals surface area contributed by atoms with Gasteiger partial charge in [0.2, 0.25) is 11.8 Å². The molecule has 7 heteroatoms. The van der Waals surface area contributed by atoms with Crippen LogP contribution in [0.3, 0.4) is 0 Å². The van der Waals surface area contributed by atoms with Crippen molar-refractivity contribution in [2.24, 2.45) is 5.92 Å². The zero-order valence-corrected chi connectivity index (χ0v) is 15.1. The summed E-state index contributed by atoms with van der Waals surface area (Å²) in [5.74, 6) is 0.0535. The summed E-state index contributed by atoms with van der Waals surface area (Å²) in [4.78, 5) is 24.8. The summed E-state index contributed by atoms with van der Waals surface area (Å²) >= 11 is 0. The molecule has 0 aromatic heterocycles. The highest BCUT2D eigenvalue weighted by molar-refractivity contribution is 7.92. The van der Waals surface area contributed by atoms with Crippen LogP contribution in [0.5, 0.6) is 0 Å². The fraction of sp³-hybridized carbons (Fsp3) is 0.529. The molecule has 1 aliphatic heterocycles. The molecule has 132 valence electrons. The van der Waals surface area contributed by atoms with E-state index in [4.69, 9.17) is 0 Å². The topological polar surface area (TPSA) is 83.6 Å². The van der Waals surface area contributed by atoms with E-state index in [1.54, 1.807) is 29.2 Å². The molecule has 1 aromatic carbocycles. The molecule has 2 rings (SSSR count). The van der Waals surface area contributed by atoms with Crippen LogP contribution in [0.4, 0.5) is 5.69 Å². The third-order valence-corrected chi connectivity index (χ3v) is 6.35. The van der Waals surface area contributed by atoms with Crippen molar-refractivity contribution in [3.8, 4) is 0 Å². The Bertz CT molecular complexity index is 705. The van der Waals surface area contributed by atoms with Gasteiger partial charge >= 0.3 is 0 Å². The van der Waals surface area contributed by atoms with E-state index in [1.165, 1.54) is 6.92 Å². The number of carbonyl (C=O) groups excluding carboxylic acids is 2. The second-order valence-electron chi connectivity index (χ2n) is 6.70. The zero-order valence-electron chi connectivity index (χ0n) is 14.3.